The maximum atomic E-state index is 11.5. The molecule has 20 heavy (non-hydrogen) atoms. The van der Waals surface area contributed by atoms with Crippen molar-refractivity contribution in [3.63, 3.8) is 0 Å². The number of para-hydroxylation sites is 1. The summed E-state index contributed by atoms with van der Waals surface area (Å²) in [7, 11) is 0. The van der Waals surface area contributed by atoms with Gasteiger partial charge in [0.25, 0.3) is 0 Å². The quantitative estimate of drug-likeness (QED) is 0.698. The molecule has 0 aliphatic rings. The molecule has 0 aliphatic carbocycles. The summed E-state index contributed by atoms with van der Waals surface area (Å²) >= 11 is 0. The third kappa shape index (κ3) is 6.43. The Morgan fingerprint density at radius 3 is 2.60 bits per heavy atom. The summed E-state index contributed by atoms with van der Waals surface area (Å²) < 4.78 is 5.86. The van der Waals surface area contributed by atoms with E-state index in [1.165, 1.54) is 0 Å². The van der Waals surface area contributed by atoms with Crippen molar-refractivity contribution < 1.29 is 14.6 Å². The zero-order chi connectivity index (χ0) is 15.0. The van der Waals surface area contributed by atoms with Gasteiger partial charge in [-0.1, -0.05) is 18.2 Å². The normalized spacial score (nSPS) is 11.0. The number of carbonyl (C=O) groups is 1. The van der Waals surface area contributed by atoms with Gasteiger partial charge < -0.3 is 20.5 Å². The summed E-state index contributed by atoms with van der Waals surface area (Å²) in [5.74, 6) is 0.774. The molecule has 0 atom stereocenters. The predicted octanol–water partition coefficient (Wildman–Crippen LogP) is 2.05. The number of nitrogens with one attached hydrogen (secondary N) is 2. The molecule has 0 bridgehead atoms. The van der Waals surface area contributed by atoms with E-state index in [0.29, 0.717) is 19.5 Å². The highest BCUT2D eigenvalue weighted by Gasteiger charge is 2.14. The molecule has 1 aromatic rings. The van der Waals surface area contributed by atoms with Crippen LogP contribution in [0.25, 0.3) is 0 Å². The Kier molecular flexibility index (Phi) is 6.31. The second-order valence-electron chi connectivity index (χ2n) is 5.51. The molecular weight excluding hydrogens is 256 g/mol. The molecule has 2 amide bonds. The van der Waals surface area contributed by atoms with Crippen LogP contribution in [0, 0.1) is 0 Å². The average Bonchev–Trinajstić information content (AvgIpc) is 2.36. The monoisotopic (exact) mass is 280 g/mol. The fourth-order valence-corrected chi connectivity index (χ4v) is 1.60. The molecule has 1 rings (SSSR count). The van der Waals surface area contributed by atoms with Crippen molar-refractivity contribution in [1.29, 1.82) is 0 Å². The highest BCUT2D eigenvalue weighted by atomic mass is 16.5. The summed E-state index contributed by atoms with van der Waals surface area (Å²) in [5.41, 5.74) is 0.652. The average molecular weight is 280 g/mol. The lowest BCUT2D eigenvalue weighted by molar-refractivity contribution is 0.129. The number of hydrogen-bond acceptors (Lipinski definition) is 3. The second kappa shape index (κ2) is 7.75. The molecule has 0 aromatic heterocycles. The van der Waals surface area contributed by atoms with E-state index in [1.54, 1.807) is 0 Å². The van der Waals surface area contributed by atoms with Crippen molar-refractivity contribution in [3.8, 4) is 5.75 Å². The SMILES string of the molecule is CC(C)(C)Oc1ccccc1CNC(=O)NCCCO. The van der Waals surface area contributed by atoms with Gasteiger partial charge >= 0.3 is 6.03 Å². The zero-order valence-corrected chi connectivity index (χ0v) is 12.4. The molecule has 0 radical (unpaired) electrons. The van der Waals surface area contributed by atoms with Crippen LogP contribution < -0.4 is 15.4 Å². The fourth-order valence-electron chi connectivity index (χ4n) is 1.60. The molecule has 1 aromatic carbocycles. The Bertz CT molecular complexity index is 427. The summed E-state index contributed by atoms with van der Waals surface area (Å²) in [6, 6.07) is 7.40. The Morgan fingerprint density at radius 2 is 1.95 bits per heavy atom. The van der Waals surface area contributed by atoms with Gasteiger partial charge in [-0.2, -0.15) is 0 Å². The first-order valence-electron chi connectivity index (χ1n) is 6.82. The minimum atomic E-state index is -0.278. The van der Waals surface area contributed by atoms with Crippen LogP contribution in [-0.2, 0) is 6.54 Å². The first-order valence-corrected chi connectivity index (χ1v) is 6.82. The highest BCUT2D eigenvalue weighted by molar-refractivity contribution is 5.73. The van der Waals surface area contributed by atoms with Gasteiger partial charge in [0, 0.05) is 25.3 Å². The molecule has 5 heteroatoms. The van der Waals surface area contributed by atoms with Crippen LogP contribution in [0.3, 0.4) is 0 Å². The largest absolute Gasteiger partial charge is 0.488 e. The Balaban J connectivity index is 2.53. The van der Waals surface area contributed by atoms with Crippen LogP contribution in [0.2, 0.25) is 0 Å². The number of rotatable bonds is 6. The van der Waals surface area contributed by atoms with Crippen LogP contribution in [0.4, 0.5) is 4.79 Å². The maximum Gasteiger partial charge on any atom is 0.315 e. The van der Waals surface area contributed by atoms with Crippen molar-refractivity contribution in [2.75, 3.05) is 13.2 Å². The van der Waals surface area contributed by atoms with E-state index in [4.69, 9.17) is 9.84 Å². The summed E-state index contributed by atoms with van der Waals surface area (Å²) in [6.45, 7) is 6.89. The molecule has 5 nitrogen and oxygen atoms in total. The molecular formula is C15H24N2O3. The van der Waals surface area contributed by atoms with Crippen molar-refractivity contribution in [2.45, 2.75) is 39.3 Å². The van der Waals surface area contributed by atoms with Crippen molar-refractivity contribution in [2.24, 2.45) is 0 Å². The number of benzene rings is 1. The van der Waals surface area contributed by atoms with Gasteiger partial charge in [-0.15, -0.1) is 0 Å². The van der Waals surface area contributed by atoms with Gasteiger partial charge in [-0.05, 0) is 33.3 Å². The number of ether oxygens (including phenoxy) is 1. The van der Waals surface area contributed by atoms with E-state index < -0.39 is 0 Å². The molecule has 0 aliphatic heterocycles. The van der Waals surface area contributed by atoms with E-state index >= 15 is 0 Å². The molecule has 0 unspecified atom stereocenters. The number of aliphatic hydroxyl groups excluding tert-OH is 1. The van der Waals surface area contributed by atoms with E-state index in [9.17, 15) is 4.79 Å². The Labute approximate surface area is 120 Å². The molecule has 3 N–H and O–H groups in total. The van der Waals surface area contributed by atoms with Gasteiger partial charge in [0.2, 0.25) is 0 Å². The molecule has 0 heterocycles. The van der Waals surface area contributed by atoms with Gasteiger partial charge in [0.1, 0.15) is 11.4 Å². The smallest absolute Gasteiger partial charge is 0.315 e. The molecule has 0 saturated carbocycles. The van der Waals surface area contributed by atoms with Gasteiger partial charge in [-0.25, -0.2) is 4.79 Å². The lowest BCUT2D eigenvalue weighted by Gasteiger charge is -2.23. The number of hydrogen-bond donors (Lipinski definition) is 3. The van der Waals surface area contributed by atoms with E-state index in [2.05, 4.69) is 10.6 Å². The first-order chi connectivity index (χ1) is 9.42. The van der Waals surface area contributed by atoms with E-state index in [-0.39, 0.29) is 18.2 Å². The highest BCUT2D eigenvalue weighted by Crippen LogP contribution is 2.22. The molecule has 112 valence electrons. The van der Waals surface area contributed by atoms with Gasteiger partial charge in [-0.3, -0.25) is 0 Å². The van der Waals surface area contributed by atoms with E-state index in [0.717, 1.165) is 11.3 Å². The fraction of sp³-hybridized carbons (Fsp3) is 0.533. The van der Waals surface area contributed by atoms with Crippen molar-refractivity contribution in [1.82, 2.24) is 10.6 Å². The van der Waals surface area contributed by atoms with Crippen molar-refractivity contribution >= 4 is 6.03 Å². The zero-order valence-electron chi connectivity index (χ0n) is 12.4. The molecule has 0 saturated heterocycles. The topological polar surface area (TPSA) is 70.6 Å². The van der Waals surface area contributed by atoms with Crippen LogP contribution in [0.5, 0.6) is 5.75 Å². The summed E-state index contributed by atoms with van der Waals surface area (Å²) in [6.07, 6.45) is 0.553. The van der Waals surface area contributed by atoms with Gasteiger partial charge in [0.15, 0.2) is 0 Å². The second-order valence-corrected chi connectivity index (χ2v) is 5.51. The van der Waals surface area contributed by atoms with Crippen LogP contribution >= 0.6 is 0 Å². The maximum absolute atomic E-state index is 11.5. The third-order valence-electron chi connectivity index (χ3n) is 2.45. The van der Waals surface area contributed by atoms with Gasteiger partial charge in [0.05, 0.1) is 0 Å². The predicted molar refractivity (Wildman–Crippen MR) is 78.8 cm³/mol. The summed E-state index contributed by atoms with van der Waals surface area (Å²) in [4.78, 5) is 11.5. The minimum Gasteiger partial charge on any atom is -0.488 e. The van der Waals surface area contributed by atoms with Crippen molar-refractivity contribution in [3.05, 3.63) is 29.8 Å². The number of amides is 2. The molecule has 0 spiro atoms. The third-order valence-corrected chi connectivity index (χ3v) is 2.45. The van der Waals surface area contributed by atoms with Crippen LogP contribution in [0.15, 0.2) is 24.3 Å². The number of urea groups is 1. The lowest BCUT2D eigenvalue weighted by atomic mass is 10.1. The Morgan fingerprint density at radius 1 is 1.25 bits per heavy atom. The number of aliphatic hydroxyl groups is 1. The lowest BCUT2D eigenvalue weighted by Crippen LogP contribution is -2.36. The first kappa shape index (κ1) is 16.3. The van der Waals surface area contributed by atoms with Crippen LogP contribution in [-0.4, -0.2) is 29.9 Å². The Hall–Kier alpha value is -1.75. The van der Waals surface area contributed by atoms with E-state index in [1.807, 2.05) is 45.0 Å². The molecule has 0 fully saturated rings. The van der Waals surface area contributed by atoms with Crippen LogP contribution in [0.1, 0.15) is 32.8 Å². The summed E-state index contributed by atoms with van der Waals surface area (Å²) in [5, 5.41) is 14.1. The number of carbonyl (C=O) groups excluding carboxylic acids is 1. The standard InChI is InChI=1S/C15H24N2O3/c1-15(2,3)20-13-8-5-4-7-12(13)11-17-14(19)16-9-6-10-18/h4-5,7-8,18H,6,9-11H2,1-3H3,(H2,16,17,19). The minimum absolute atomic E-state index is 0.0720.